The van der Waals surface area contributed by atoms with Gasteiger partial charge in [0, 0.05) is 19.1 Å². The van der Waals surface area contributed by atoms with E-state index in [1.165, 1.54) is 5.56 Å². The maximum absolute atomic E-state index is 12.0. The van der Waals surface area contributed by atoms with E-state index >= 15 is 0 Å². The molecule has 20 heavy (non-hydrogen) atoms. The third kappa shape index (κ3) is 4.60. The molecule has 0 spiro atoms. The maximum atomic E-state index is 12.0. The first-order valence-electron chi connectivity index (χ1n) is 7.21. The number of hydrogen-bond donors (Lipinski definition) is 1. The molecule has 1 N–H and O–H groups in total. The molecule has 0 aliphatic carbocycles. The van der Waals surface area contributed by atoms with Gasteiger partial charge in [0.05, 0.1) is 4.32 Å². The van der Waals surface area contributed by atoms with E-state index in [2.05, 4.69) is 50.4 Å². The Morgan fingerprint density at radius 1 is 1.40 bits per heavy atom. The summed E-state index contributed by atoms with van der Waals surface area (Å²) in [6.07, 6.45) is 2.21. The lowest BCUT2D eigenvalue weighted by molar-refractivity contribution is -0.123. The number of nitrogens with one attached hydrogen (secondary N) is 1. The molecule has 4 heteroatoms. The molecule has 1 saturated heterocycles. The van der Waals surface area contributed by atoms with Crippen LogP contribution in [0.1, 0.15) is 32.3 Å². The number of benzene rings is 1. The van der Waals surface area contributed by atoms with E-state index < -0.39 is 4.32 Å². The number of amides is 1. The fourth-order valence-electron chi connectivity index (χ4n) is 2.52. The summed E-state index contributed by atoms with van der Waals surface area (Å²) in [5, 5.41) is 3.15. The zero-order chi connectivity index (χ0) is 14.6. The molecule has 3 nitrogen and oxygen atoms in total. The number of carbonyl (C=O) groups excluding carboxylic acids is 1. The van der Waals surface area contributed by atoms with Crippen molar-refractivity contribution in [3.63, 3.8) is 0 Å². The molecule has 1 amide bonds. The van der Waals surface area contributed by atoms with Gasteiger partial charge in [-0.25, -0.2) is 0 Å². The highest BCUT2D eigenvalue weighted by Crippen LogP contribution is 2.18. The Labute approximate surface area is 129 Å². The summed E-state index contributed by atoms with van der Waals surface area (Å²) in [7, 11) is 0. The van der Waals surface area contributed by atoms with Gasteiger partial charge in [-0.2, -0.15) is 0 Å². The lowest BCUT2D eigenvalue weighted by atomic mass is 10.0. The van der Waals surface area contributed by atoms with Crippen LogP contribution in [0.25, 0.3) is 0 Å². The Kier molecular flexibility index (Phi) is 5.22. The summed E-state index contributed by atoms with van der Waals surface area (Å²) in [6.45, 7) is 6.77. The van der Waals surface area contributed by atoms with E-state index in [1.807, 2.05) is 19.9 Å². The third-order valence-electron chi connectivity index (χ3n) is 3.63. The standard InChI is InChI=1S/C16H23BrN2O/c1-16(2,17)15(20)18-14-9-6-10-19(12-14)11-13-7-4-3-5-8-13/h3-5,7-8,14H,6,9-12H2,1-2H3,(H,18,20). The van der Waals surface area contributed by atoms with Gasteiger partial charge in [0.25, 0.3) is 0 Å². The van der Waals surface area contributed by atoms with Crippen LogP contribution in [0, 0.1) is 0 Å². The van der Waals surface area contributed by atoms with Gasteiger partial charge in [0.1, 0.15) is 0 Å². The van der Waals surface area contributed by atoms with Crippen LogP contribution in [0.15, 0.2) is 30.3 Å². The van der Waals surface area contributed by atoms with Gasteiger partial charge in [0.15, 0.2) is 0 Å². The van der Waals surface area contributed by atoms with Crippen molar-refractivity contribution >= 4 is 21.8 Å². The fourth-order valence-corrected chi connectivity index (χ4v) is 2.63. The topological polar surface area (TPSA) is 32.3 Å². The predicted molar refractivity (Wildman–Crippen MR) is 85.9 cm³/mol. The highest BCUT2D eigenvalue weighted by atomic mass is 79.9. The second kappa shape index (κ2) is 6.72. The van der Waals surface area contributed by atoms with Crippen LogP contribution in [0.5, 0.6) is 0 Å². The summed E-state index contributed by atoms with van der Waals surface area (Å²) in [5.74, 6) is 0.0732. The zero-order valence-electron chi connectivity index (χ0n) is 12.2. The molecule has 2 rings (SSSR count). The van der Waals surface area contributed by atoms with Crippen LogP contribution in [0.3, 0.4) is 0 Å². The Morgan fingerprint density at radius 2 is 2.10 bits per heavy atom. The Balaban J connectivity index is 1.87. The minimum atomic E-state index is -0.491. The highest BCUT2D eigenvalue weighted by molar-refractivity contribution is 9.10. The van der Waals surface area contributed by atoms with Crippen molar-refractivity contribution < 1.29 is 4.79 Å². The molecule has 1 atom stereocenters. The van der Waals surface area contributed by atoms with Crippen molar-refractivity contribution in [1.82, 2.24) is 10.2 Å². The van der Waals surface area contributed by atoms with Gasteiger partial charge >= 0.3 is 0 Å². The van der Waals surface area contributed by atoms with Gasteiger partial charge in [-0.3, -0.25) is 9.69 Å². The van der Waals surface area contributed by atoms with Crippen molar-refractivity contribution in [2.24, 2.45) is 0 Å². The van der Waals surface area contributed by atoms with Crippen LogP contribution >= 0.6 is 15.9 Å². The first-order chi connectivity index (χ1) is 9.45. The van der Waals surface area contributed by atoms with Crippen molar-refractivity contribution in [3.05, 3.63) is 35.9 Å². The van der Waals surface area contributed by atoms with Crippen LogP contribution < -0.4 is 5.32 Å². The molecule has 0 bridgehead atoms. The second-order valence-corrected chi connectivity index (χ2v) is 7.99. The number of likely N-dealkylation sites (tertiary alicyclic amines) is 1. The minimum Gasteiger partial charge on any atom is -0.351 e. The van der Waals surface area contributed by atoms with E-state index in [-0.39, 0.29) is 11.9 Å². The molecule has 1 aliphatic heterocycles. The van der Waals surface area contributed by atoms with Crippen LogP contribution in [-0.4, -0.2) is 34.3 Å². The third-order valence-corrected chi connectivity index (χ3v) is 3.99. The number of nitrogens with zero attached hydrogens (tertiary/aromatic N) is 1. The summed E-state index contributed by atoms with van der Waals surface area (Å²) >= 11 is 3.41. The first-order valence-corrected chi connectivity index (χ1v) is 8.00. The molecule has 110 valence electrons. The van der Waals surface area contributed by atoms with Crippen molar-refractivity contribution in [3.8, 4) is 0 Å². The quantitative estimate of drug-likeness (QED) is 0.856. The van der Waals surface area contributed by atoms with Crippen LogP contribution in [-0.2, 0) is 11.3 Å². The van der Waals surface area contributed by atoms with E-state index in [0.717, 1.165) is 32.5 Å². The molecule has 0 radical (unpaired) electrons. The average Bonchev–Trinajstić information content (AvgIpc) is 2.39. The molecule has 1 aromatic carbocycles. The largest absolute Gasteiger partial charge is 0.351 e. The Hall–Kier alpha value is -0.870. The molecule has 0 aromatic heterocycles. The SMILES string of the molecule is CC(C)(Br)C(=O)NC1CCCN(Cc2ccccc2)C1. The van der Waals surface area contributed by atoms with E-state index in [9.17, 15) is 4.79 Å². The Bertz CT molecular complexity index is 442. The highest BCUT2D eigenvalue weighted by Gasteiger charge is 2.28. The van der Waals surface area contributed by atoms with Gasteiger partial charge in [-0.1, -0.05) is 46.3 Å². The molecule has 1 heterocycles. The summed E-state index contributed by atoms with van der Waals surface area (Å²) in [6, 6.07) is 10.8. The maximum Gasteiger partial charge on any atom is 0.236 e. The van der Waals surface area contributed by atoms with E-state index in [1.54, 1.807) is 0 Å². The number of carbonyl (C=O) groups is 1. The molecular formula is C16H23BrN2O. The van der Waals surface area contributed by atoms with Crippen molar-refractivity contribution in [2.45, 2.75) is 43.6 Å². The van der Waals surface area contributed by atoms with Gasteiger partial charge in [-0.05, 0) is 38.8 Å². The number of alkyl halides is 1. The zero-order valence-corrected chi connectivity index (χ0v) is 13.8. The predicted octanol–water partition coefficient (Wildman–Crippen LogP) is 2.94. The van der Waals surface area contributed by atoms with Gasteiger partial charge in [-0.15, -0.1) is 0 Å². The van der Waals surface area contributed by atoms with E-state index in [0.29, 0.717) is 0 Å². The summed E-state index contributed by atoms with van der Waals surface area (Å²) in [4.78, 5) is 14.4. The lowest BCUT2D eigenvalue weighted by Gasteiger charge is -2.34. The molecular weight excluding hydrogens is 316 g/mol. The smallest absolute Gasteiger partial charge is 0.236 e. The monoisotopic (exact) mass is 338 g/mol. The number of hydrogen-bond acceptors (Lipinski definition) is 2. The molecule has 1 aromatic rings. The lowest BCUT2D eigenvalue weighted by Crippen LogP contribution is -2.51. The van der Waals surface area contributed by atoms with E-state index in [4.69, 9.17) is 0 Å². The average molecular weight is 339 g/mol. The van der Waals surface area contributed by atoms with Crippen molar-refractivity contribution in [1.29, 1.82) is 0 Å². The summed E-state index contributed by atoms with van der Waals surface area (Å²) < 4.78 is -0.491. The van der Waals surface area contributed by atoms with Crippen LogP contribution in [0.4, 0.5) is 0 Å². The molecule has 1 aliphatic rings. The van der Waals surface area contributed by atoms with Gasteiger partial charge < -0.3 is 5.32 Å². The number of halogens is 1. The molecule has 0 saturated carbocycles. The summed E-state index contributed by atoms with van der Waals surface area (Å²) in [5.41, 5.74) is 1.33. The minimum absolute atomic E-state index is 0.0732. The van der Waals surface area contributed by atoms with Crippen molar-refractivity contribution in [2.75, 3.05) is 13.1 Å². The normalized spacial score (nSPS) is 20.6. The fraction of sp³-hybridized carbons (Fsp3) is 0.562. The van der Waals surface area contributed by atoms with Crippen LogP contribution in [0.2, 0.25) is 0 Å². The first kappa shape index (κ1) is 15.5. The Morgan fingerprint density at radius 3 is 2.75 bits per heavy atom. The molecule has 1 fully saturated rings. The number of piperidine rings is 1. The van der Waals surface area contributed by atoms with Gasteiger partial charge in [0.2, 0.25) is 5.91 Å². The molecule has 1 unspecified atom stereocenters. The number of rotatable bonds is 4. The second-order valence-electron chi connectivity index (χ2n) is 6.01.